The van der Waals surface area contributed by atoms with Gasteiger partial charge in [0.15, 0.2) is 0 Å². The maximum absolute atomic E-state index is 12.8. The van der Waals surface area contributed by atoms with Gasteiger partial charge in [0.1, 0.15) is 5.69 Å². The van der Waals surface area contributed by atoms with Crippen molar-refractivity contribution in [1.29, 1.82) is 0 Å². The number of rotatable bonds is 8. The second-order valence-corrected chi connectivity index (χ2v) is 7.09. The van der Waals surface area contributed by atoms with Gasteiger partial charge in [0, 0.05) is 39.5 Å². The number of aromatic nitrogens is 2. The van der Waals surface area contributed by atoms with Gasteiger partial charge in [0.25, 0.3) is 5.91 Å². The third-order valence-electron chi connectivity index (χ3n) is 5.26. The topological polar surface area (TPSA) is 70.7 Å². The Labute approximate surface area is 149 Å². The Balaban J connectivity index is 1.55. The van der Waals surface area contributed by atoms with Crippen LogP contribution < -0.4 is 0 Å². The highest BCUT2D eigenvalue weighted by Crippen LogP contribution is 2.21. The molecule has 1 aromatic heterocycles. The van der Waals surface area contributed by atoms with Crippen LogP contribution in [0.15, 0.2) is 12.3 Å². The highest BCUT2D eigenvalue weighted by Gasteiger charge is 2.28. The maximum atomic E-state index is 12.8. The van der Waals surface area contributed by atoms with Gasteiger partial charge < -0.3 is 19.3 Å². The molecular formula is C18H30N4O3. The van der Waals surface area contributed by atoms with Crippen LogP contribution in [0.5, 0.6) is 0 Å². The quantitative estimate of drug-likeness (QED) is 0.767. The van der Waals surface area contributed by atoms with Crippen molar-refractivity contribution in [3.05, 3.63) is 18.0 Å². The standard InChI is InChI=1S/C18H30N4O3/c1-24-12-10-21-8-5-15(6-9-21)13-22(14-16-3-2-11-25-16)18(23)17-4-7-19-20-17/h4,7,15-16H,2-3,5-6,8-14H2,1H3,(H,19,20)/t16-/m1/s1. The molecule has 0 spiro atoms. The molecule has 3 rings (SSSR count). The van der Waals surface area contributed by atoms with Crippen molar-refractivity contribution in [2.75, 3.05) is 53.0 Å². The molecule has 2 aliphatic rings. The molecule has 140 valence electrons. The van der Waals surface area contributed by atoms with E-state index in [1.807, 2.05) is 4.90 Å². The summed E-state index contributed by atoms with van der Waals surface area (Å²) >= 11 is 0. The SMILES string of the molecule is COCCN1CCC(CN(C[C@H]2CCCO2)C(=O)c2ccn[nH]2)CC1. The van der Waals surface area contributed by atoms with Gasteiger partial charge in [-0.2, -0.15) is 5.10 Å². The van der Waals surface area contributed by atoms with Crippen molar-refractivity contribution >= 4 is 5.91 Å². The number of amides is 1. The lowest BCUT2D eigenvalue weighted by Gasteiger charge is -2.35. The summed E-state index contributed by atoms with van der Waals surface area (Å²) in [6, 6.07) is 1.75. The number of methoxy groups -OCH3 is 1. The Bertz CT molecular complexity index is 508. The van der Waals surface area contributed by atoms with Gasteiger partial charge in [-0.3, -0.25) is 9.89 Å². The fourth-order valence-electron chi connectivity index (χ4n) is 3.74. The van der Waals surface area contributed by atoms with Gasteiger partial charge in [0.2, 0.25) is 0 Å². The first-order valence-electron chi connectivity index (χ1n) is 9.38. The van der Waals surface area contributed by atoms with E-state index in [1.165, 1.54) is 0 Å². The largest absolute Gasteiger partial charge is 0.383 e. The molecule has 2 aliphatic heterocycles. The van der Waals surface area contributed by atoms with Crippen molar-refractivity contribution in [2.24, 2.45) is 5.92 Å². The molecule has 0 saturated carbocycles. The number of aromatic amines is 1. The second kappa shape index (κ2) is 9.31. The molecule has 0 aliphatic carbocycles. The smallest absolute Gasteiger partial charge is 0.271 e. The summed E-state index contributed by atoms with van der Waals surface area (Å²) in [4.78, 5) is 17.3. The predicted molar refractivity (Wildman–Crippen MR) is 94.5 cm³/mol. The molecule has 0 unspecified atom stereocenters. The molecule has 0 radical (unpaired) electrons. The lowest BCUT2D eigenvalue weighted by molar-refractivity contribution is 0.0433. The summed E-state index contributed by atoms with van der Waals surface area (Å²) in [7, 11) is 1.75. The molecule has 1 amide bonds. The molecule has 1 N–H and O–H groups in total. The highest BCUT2D eigenvalue weighted by molar-refractivity contribution is 5.92. The van der Waals surface area contributed by atoms with E-state index in [0.29, 0.717) is 18.2 Å². The second-order valence-electron chi connectivity index (χ2n) is 7.09. The van der Waals surface area contributed by atoms with E-state index in [4.69, 9.17) is 9.47 Å². The Kier molecular flexibility index (Phi) is 6.84. The van der Waals surface area contributed by atoms with Gasteiger partial charge in [-0.15, -0.1) is 0 Å². The van der Waals surface area contributed by atoms with Crippen LogP contribution in [0.1, 0.15) is 36.2 Å². The zero-order chi connectivity index (χ0) is 17.5. The number of hydrogen-bond acceptors (Lipinski definition) is 5. The van der Waals surface area contributed by atoms with Crippen molar-refractivity contribution in [2.45, 2.75) is 31.8 Å². The van der Waals surface area contributed by atoms with Crippen LogP contribution >= 0.6 is 0 Å². The van der Waals surface area contributed by atoms with Gasteiger partial charge in [-0.1, -0.05) is 0 Å². The summed E-state index contributed by atoms with van der Waals surface area (Å²) in [6.45, 7) is 6.25. The number of H-pyrrole nitrogens is 1. The van der Waals surface area contributed by atoms with Crippen LogP contribution in [0.4, 0.5) is 0 Å². The van der Waals surface area contributed by atoms with Gasteiger partial charge in [0.05, 0.1) is 12.7 Å². The number of ether oxygens (including phenoxy) is 2. The van der Waals surface area contributed by atoms with E-state index in [1.54, 1.807) is 19.4 Å². The van der Waals surface area contributed by atoms with Crippen LogP contribution in [0.25, 0.3) is 0 Å². The van der Waals surface area contributed by atoms with Crippen LogP contribution in [0.2, 0.25) is 0 Å². The minimum atomic E-state index is 0.0369. The van der Waals surface area contributed by atoms with Gasteiger partial charge in [-0.05, 0) is 50.8 Å². The number of likely N-dealkylation sites (tertiary alicyclic amines) is 1. The lowest BCUT2D eigenvalue weighted by atomic mass is 9.95. The summed E-state index contributed by atoms with van der Waals surface area (Å²) in [6.07, 6.45) is 6.20. The van der Waals surface area contributed by atoms with Crippen LogP contribution in [0.3, 0.4) is 0 Å². The minimum Gasteiger partial charge on any atom is -0.383 e. The zero-order valence-corrected chi connectivity index (χ0v) is 15.2. The van der Waals surface area contributed by atoms with E-state index in [2.05, 4.69) is 15.1 Å². The Morgan fingerprint density at radius 1 is 1.40 bits per heavy atom. The molecule has 2 saturated heterocycles. The summed E-state index contributed by atoms with van der Waals surface area (Å²) in [5, 5.41) is 6.73. The first-order chi connectivity index (χ1) is 12.3. The maximum Gasteiger partial charge on any atom is 0.271 e. The molecule has 3 heterocycles. The van der Waals surface area contributed by atoms with Crippen molar-refractivity contribution in [3.63, 3.8) is 0 Å². The average molecular weight is 350 g/mol. The molecule has 2 fully saturated rings. The predicted octanol–water partition coefficient (Wildman–Crippen LogP) is 1.39. The van der Waals surface area contributed by atoms with E-state index >= 15 is 0 Å². The molecule has 1 aromatic rings. The number of piperidine rings is 1. The van der Waals surface area contributed by atoms with E-state index in [-0.39, 0.29) is 12.0 Å². The fraction of sp³-hybridized carbons (Fsp3) is 0.778. The fourth-order valence-corrected chi connectivity index (χ4v) is 3.74. The zero-order valence-electron chi connectivity index (χ0n) is 15.2. The van der Waals surface area contributed by atoms with Crippen molar-refractivity contribution in [3.8, 4) is 0 Å². The summed E-state index contributed by atoms with van der Waals surface area (Å²) in [5.41, 5.74) is 0.565. The highest BCUT2D eigenvalue weighted by atomic mass is 16.5. The number of nitrogens with zero attached hydrogens (tertiary/aromatic N) is 3. The van der Waals surface area contributed by atoms with E-state index < -0.39 is 0 Å². The van der Waals surface area contributed by atoms with E-state index in [0.717, 1.165) is 65.1 Å². The third kappa shape index (κ3) is 5.26. The van der Waals surface area contributed by atoms with Gasteiger partial charge in [-0.25, -0.2) is 0 Å². The monoisotopic (exact) mass is 350 g/mol. The normalized spacial score (nSPS) is 22.4. The van der Waals surface area contributed by atoms with Crippen molar-refractivity contribution < 1.29 is 14.3 Å². The van der Waals surface area contributed by atoms with Crippen LogP contribution in [-0.2, 0) is 9.47 Å². The lowest BCUT2D eigenvalue weighted by Crippen LogP contribution is -2.44. The number of carbonyl (C=O) groups is 1. The third-order valence-corrected chi connectivity index (χ3v) is 5.26. The minimum absolute atomic E-state index is 0.0369. The number of nitrogens with one attached hydrogen (secondary N) is 1. The molecule has 0 aromatic carbocycles. The first kappa shape index (κ1) is 18.4. The van der Waals surface area contributed by atoms with Crippen LogP contribution in [-0.4, -0.2) is 85.1 Å². The van der Waals surface area contributed by atoms with Crippen molar-refractivity contribution in [1.82, 2.24) is 20.0 Å². The van der Waals surface area contributed by atoms with Crippen LogP contribution in [0, 0.1) is 5.92 Å². The molecule has 25 heavy (non-hydrogen) atoms. The van der Waals surface area contributed by atoms with Gasteiger partial charge >= 0.3 is 0 Å². The molecular weight excluding hydrogens is 320 g/mol. The summed E-state index contributed by atoms with van der Waals surface area (Å²) in [5.74, 6) is 0.585. The Morgan fingerprint density at radius 3 is 2.88 bits per heavy atom. The number of hydrogen-bond donors (Lipinski definition) is 1. The number of carbonyl (C=O) groups excluding carboxylic acids is 1. The average Bonchev–Trinajstić information content (AvgIpc) is 3.34. The molecule has 1 atom stereocenters. The molecule has 7 nitrogen and oxygen atoms in total. The molecule has 0 bridgehead atoms. The Hall–Kier alpha value is -1.44. The first-order valence-corrected chi connectivity index (χ1v) is 9.38. The molecule has 7 heteroatoms. The van der Waals surface area contributed by atoms with E-state index in [9.17, 15) is 4.79 Å². The summed E-state index contributed by atoms with van der Waals surface area (Å²) < 4.78 is 10.9. The Morgan fingerprint density at radius 2 is 2.24 bits per heavy atom.